The molecular weight excluding hydrogens is 397 g/mol. The fraction of sp³-hybridized carbons (Fsp3) is 0.926. The summed E-state index contributed by atoms with van der Waals surface area (Å²) in [5.41, 5.74) is 1.56. The standard InChI is InChI=1S/C27H43F3O/c1-5-26(31)16-15-25(4)20(17-26)9-11-21-22-12-10-19(24(22,3)14-13-23(21)25)8-6-7-18(2)27(28,29)30/h9,18-19,21-23,31H,5-8,10-17H2,1-4H3/t18-,19+,21+,22+,23+,24-,25+,26+/m1/s1. The number of allylic oxidation sites excluding steroid dienone is 1. The minimum atomic E-state index is -4.05. The third-order valence-electron chi connectivity index (χ3n) is 10.9. The van der Waals surface area contributed by atoms with E-state index in [0.29, 0.717) is 17.8 Å². The summed E-state index contributed by atoms with van der Waals surface area (Å²) >= 11 is 0. The van der Waals surface area contributed by atoms with Crippen molar-refractivity contribution in [3.63, 3.8) is 0 Å². The topological polar surface area (TPSA) is 20.2 Å². The van der Waals surface area contributed by atoms with E-state index in [9.17, 15) is 18.3 Å². The predicted molar refractivity (Wildman–Crippen MR) is 120 cm³/mol. The van der Waals surface area contributed by atoms with Gasteiger partial charge in [0.05, 0.1) is 11.5 Å². The Labute approximate surface area is 187 Å². The van der Waals surface area contributed by atoms with Crippen molar-refractivity contribution in [3.05, 3.63) is 11.6 Å². The summed E-state index contributed by atoms with van der Waals surface area (Å²) < 4.78 is 38.7. The smallest absolute Gasteiger partial charge is 0.390 e. The zero-order valence-electron chi connectivity index (χ0n) is 20.0. The van der Waals surface area contributed by atoms with Crippen molar-refractivity contribution >= 4 is 0 Å². The molecule has 0 unspecified atom stereocenters. The molecule has 0 aromatic carbocycles. The monoisotopic (exact) mass is 440 g/mol. The van der Waals surface area contributed by atoms with Crippen LogP contribution in [0, 0.1) is 40.4 Å². The van der Waals surface area contributed by atoms with E-state index in [1.807, 2.05) is 0 Å². The lowest BCUT2D eigenvalue weighted by atomic mass is 9.46. The van der Waals surface area contributed by atoms with Gasteiger partial charge >= 0.3 is 6.18 Å². The Kier molecular flexibility index (Phi) is 6.15. The number of hydrogen-bond acceptors (Lipinski definition) is 1. The third kappa shape index (κ3) is 4.02. The molecule has 0 radical (unpaired) electrons. The van der Waals surface area contributed by atoms with Gasteiger partial charge in [0, 0.05) is 0 Å². The first-order valence-corrected chi connectivity index (χ1v) is 12.9. The van der Waals surface area contributed by atoms with Crippen molar-refractivity contribution in [3.8, 4) is 0 Å². The van der Waals surface area contributed by atoms with E-state index < -0.39 is 17.7 Å². The van der Waals surface area contributed by atoms with Gasteiger partial charge in [0.25, 0.3) is 0 Å². The van der Waals surface area contributed by atoms with Crippen molar-refractivity contribution in [2.45, 2.75) is 117 Å². The average Bonchev–Trinajstić information content (AvgIpc) is 3.04. The van der Waals surface area contributed by atoms with E-state index in [-0.39, 0.29) is 11.8 Å². The first-order valence-electron chi connectivity index (χ1n) is 12.9. The van der Waals surface area contributed by atoms with Gasteiger partial charge in [-0.3, -0.25) is 0 Å². The minimum Gasteiger partial charge on any atom is -0.390 e. The lowest BCUT2D eigenvalue weighted by molar-refractivity contribution is -0.171. The van der Waals surface area contributed by atoms with Gasteiger partial charge < -0.3 is 5.11 Å². The Bertz CT molecular complexity index is 699. The molecule has 0 saturated heterocycles. The Hall–Kier alpha value is -0.510. The summed E-state index contributed by atoms with van der Waals surface area (Å²) in [6.07, 6.45) is 10.2. The SMILES string of the molecule is CC[C@]1(O)CC[C@@]2(C)C(=CC[C@H]3[C@@H]4CC[C@H](CCC[C@@H](C)C(F)(F)F)[C@@]4(C)CC[C@@H]32)C1. The van der Waals surface area contributed by atoms with Crippen molar-refractivity contribution < 1.29 is 18.3 Å². The fourth-order valence-corrected chi connectivity index (χ4v) is 8.43. The van der Waals surface area contributed by atoms with Gasteiger partial charge in [-0.25, -0.2) is 0 Å². The average molecular weight is 441 g/mol. The summed E-state index contributed by atoms with van der Waals surface area (Å²) in [5, 5.41) is 10.9. The lowest BCUT2D eigenvalue weighted by Crippen LogP contribution is -2.52. The quantitative estimate of drug-likeness (QED) is 0.428. The van der Waals surface area contributed by atoms with E-state index in [4.69, 9.17) is 0 Å². The maximum atomic E-state index is 12.9. The number of hydrogen-bond donors (Lipinski definition) is 1. The molecular formula is C27H43F3O. The molecule has 3 fully saturated rings. The van der Waals surface area contributed by atoms with Crippen molar-refractivity contribution in [1.82, 2.24) is 0 Å². The van der Waals surface area contributed by atoms with Crippen molar-refractivity contribution in [2.24, 2.45) is 40.4 Å². The second kappa shape index (κ2) is 8.06. The Morgan fingerprint density at radius 1 is 1.10 bits per heavy atom. The molecule has 4 heteroatoms. The molecule has 178 valence electrons. The van der Waals surface area contributed by atoms with Crippen LogP contribution in [0.5, 0.6) is 0 Å². The second-order valence-corrected chi connectivity index (χ2v) is 12.2. The van der Waals surface area contributed by atoms with Crippen LogP contribution in [0.25, 0.3) is 0 Å². The van der Waals surface area contributed by atoms with Crippen LogP contribution in [0.4, 0.5) is 13.2 Å². The Balaban J connectivity index is 1.45. The summed E-state index contributed by atoms with van der Waals surface area (Å²) in [6.45, 7) is 8.38. The maximum absolute atomic E-state index is 12.9. The molecule has 1 nitrogen and oxygen atoms in total. The van der Waals surface area contributed by atoms with Gasteiger partial charge in [-0.2, -0.15) is 13.2 Å². The van der Waals surface area contributed by atoms with E-state index in [2.05, 4.69) is 26.8 Å². The van der Waals surface area contributed by atoms with Crippen molar-refractivity contribution in [2.75, 3.05) is 0 Å². The molecule has 0 aromatic rings. The number of fused-ring (bicyclic) bond motifs is 5. The molecule has 31 heavy (non-hydrogen) atoms. The van der Waals surface area contributed by atoms with Crippen LogP contribution in [-0.2, 0) is 0 Å². The maximum Gasteiger partial charge on any atom is 0.391 e. The van der Waals surface area contributed by atoms with Crippen LogP contribution in [-0.4, -0.2) is 16.9 Å². The first-order chi connectivity index (χ1) is 14.4. The van der Waals surface area contributed by atoms with Gasteiger partial charge in [-0.15, -0.1) is 0 Å². The van der Waals surface area contributed by atoms with Crippen LogP contribution in [0.2, 0.25) is 0 Å². The largest absolute Gasteiger partial charge is 0.391 e. The molecule has 3 saturated carbocycles. The van der Waals surface area contributed by atoms with Gasteiger partial charge in [-0.1, -0.05) is 45.8 Å². The number of aliphatic hydroxyl groups is 1. The predicted octanol–water partition coefficient (Wildman–Crippen LogP) is 8.08. The molecule has 0 bridgehead atoms. The van der Waals surface area contributed by atoms with Gasteiger partial charge in [0.15, 0.2) is 0 Å². The van der Waals surface area contributed by atoms with E-state index in [1.54, 1.807) is 0 Å². The molecule has 4 aliphatic carbocycles. The molecule has 4 rings (SSSR count). The number of rotatable bonds is 5. The normalized spacial score (nSPS) is 46.0. The molecule has 0 aromatic heterocycles. The second-order valence-electron chi connectivity index (χ2n) is 12.2. The highest BCUT2D eigenvalue weighted by atomic mass is 19.4. The molecule has 8 atom stereocenters. The van der Waals surface area contributed by atoms with E-state index >= 15 is 0 Å². The summed E-state index contributed by atoms with van der Waals surface area (Å²) in [4.78, 5) is 0. The number of alkyl halides is 3. The first kappa shape index (κ1) is 23.6. The molecule has 1 N–H and O–H groups in total. The van der Waals surface area contributed by atoms with E-state index in [0.717, 1.165) is 56.3 Å². The summed E-state index contributed by atoms with van der Waals surface area (Å²) in [7, 11) is 0. The molecule has 0 spiro atoms. The van der Waals surface area contributed by atoms with Crippen LogP contribution in [0.1, 0.15) is 105 Å². The Morgan fingerprint density at radius 3 is 2.52 bits per heavy atom. The summed E-state index contributed by atoms with van der Waals surface area (Å²) in [6, 6.07) is 0. The Morgan fingerprint density at radius 2 is 1.84 bits per heavy atom. The van der Waals surface area contributed by atoms with Crippen LogP contribution in [0.15, 0.2) is 11.6 Å². The minimum absolute atomic E-state index is 0.242. The third-order valence-corrected chi connectivity index (χ3v) is 10.9. The molecule has 4 aliphatic rings. The fourth-order valence-electron chi connectivity index (χ4n) is 8.43. The zero-order chi connectivity index (χ0) is 22.7. The van der Waals surface area contributed by atoms with Gasteiger partial charge in [-0.05, 0) is 105 Å². The highest BCUT2D eigenvalue weighted by molar-refractivity contribution is 5.27. The van der Waals surface area contributed by atoms with Crippen LogP contribution < -0.4 is 0 Å². The molecule has 0 aliphatic heterocycles. The molecule has 0 amide bonds. The van der Waals surface area contributed by atoms with Crippen LogP contribution in [0.3, 0.4) is 0 Å². The highest BCUT2D eigenvalue weighted by Gasteiger charge is 2.59. The highest BCUT2D eigenvalue weighted by Crippen LogP contribution is 2.67. The lowest BCUT2D eigenvalue weighted by Gasteiger charge is -2.59. The van der Waals surface area contributed by atoms with E-state index in [1.165, 1.54) is 38.2 Å². The van der Waals surface area contributed by atoms with Gasteiger partial charge in [0.1, 0.15) is 0 Å². The van der Waals surface area contributed by atoms with Crippen LogP contribution >= 0.6 is 0 Å². The molecule has 0 heterocycles. The number of halogens is 3. The van der Waals surface area contributed by atoms with Gasteiger partial charge in [0.2, 0.25) is 0 Å². The summed E-state index contributed by atoms with van der Waals surface area (Å²) in [5.74, 6) is 1.57. The zero-order valence-corrected chi connectivity index (χ0v) is 20.0. The van der Waals surface area contributed by atoms with Crippen molar-refractivity contribution in [1.29, 1.82) is 0 Å².